The maximum absolute atomic E-state index is 12.8. The molecule has 3 rings (SSSR count). The number of anilines is 3. The van der Waals surface area contributed by atoms with Crippen LogP contribution in [0.5, 0.6) is 0 Å². The maximum atomic E-state index is 12.8. The molecule has 0 aliphatic rings. The summed E-state index contributed by atoms with van der Waals surface area (Å²) in [5.74, 6) is -0.235. The normalized spacial score (nSPS) is 10.3. The second-order valence-corrected chi connectivity index (χ2v) is 7.82. The number of rotatable bonds is 6. The van der Waals surface area contributed by atoms with Crippen molar-refractivity contribution >= 4 is 52.2 Å². The molecule has 0 atom stereocenters. The minimum Gasteiger partial charge on any atom is -0.377 e. The van der Waals surface area contributed by atoms with Gasteiger partial charge in [-0.3, -0.25) is 4.79 Å². The van der Waals surface area contributed by atoms with Gasteiger partial charge in [0.25, 0.3) is 5.91 Å². The molecule has 0 radical (unpaired) electrons. The molecule has 0 bridgehead atoms. The van der Waals surface area contributed by atoms with E-state index in [0.29, 0.717) is 33.5 Å². The van der Waals surface area contributed by atoms with E-state index in [2.05, 4.69) is 16.0 Å². The molecule has 0 fully saturated rings. The number of halogens is 2. The topological polar surface area (TPSA) is 73.5 Å². The first kappa shape index (κ1) is 22.5. The molecule has 0 spiro atoms. The summed E-state index contributed by atoms with van der Waals surface area (Å²) in [6.45, 7) is 0.405. The summed E-state index contributed by atoms with van der Waals surface area (Å²) in [6, 6.07) is 19.1. The average Bonchev–Trinajstić information content (AvgIpc) is 2.75. The zero-order valence-corrected chi connectivity index (χ0v) is 18.6. The van der Waals surface area contributed by atoms with Gasteiger partial charge in [0, 0.05) is 37.7 Å². The number of carbonyl (C=O) groups excluding carboxylic acids is 2. The van der Waals surface area contributed by atoms with Gasteiger partial charge in [-0.25, -0.2) is 4.79 Å². The number of nitrogens with zero attached hydrogens (tertiary/aromatic N) is 1. The summed E-state index contributed by atoms with van der Waals surface area (Å²) in [5.41, 5.74) is 3.16. The van der Waals surface area contributed by atoms with Crippen molar-refractivity contribution in [3.63, 3.8) is 0 Å². The molecular weight excluding hydrogens is 435 g/mol. The molecule has 0 aliphatic carbocycles. The van der Waals surface area contributed by atoms with Crippen LogP contribution < -0.4 is 20.9 Å². The number of amides is 3. The minimum atomic E-state index is -0.466. The molecule has 0 aromatic heterocycles. The van der Waals surface area contributed by atoms with Crippen LogP contribution in [0.3, 0.4) is 0 Å². The highest BCUT2D eigenvalue weighted by Crippen LogP contribution is 2.26. The van der Waals surface area contributed by atoms with Crippen molar-refractivity contribution < 1.29 is 9.59 Å². The number of nitrogens with one attached hydrogen (secondary N) is 3. The molecule has 3 aromatic rings. The van der Waals surface area contributed by atoms with E-state index in [1.807, 2.05) is 49.3 Å². The molecule has 8 heteroatoms. The van der Waals surface area contributed by atoms with Crippen LogP contribution in [0.4, 0.5) is 21.9 Å². The van der Waals surface area contributed by atoms with Crippen molar-refractivity contribution in [3.05, 3.63) is 87.9 Å². The highest BCUT2D eigenvalue weighted by molar-refractivity contribution is 6.42. The summed E-state index contributed by atoms with van der Waals surface area (Å²) in [6.07, 6.45) is 0. The van der Waals surface area contributed by atoms with Gasteiger partial charge in [0.05, 0.1) is 15.6 Å². The van der Waals surface area contributed by atoms with Gasteiger partial charge in [0.15, 0.2) is 0 Å². The van der Waals surface area contributed by atoms with Crippen molar-refractivity contribution in [2.75, 3.05) is 29.6 Å². The highest BCUT2D eigenvalue weighted by atomic mass is 35.5. The van der Waals surface area contributed by atoms with Crippen LogP contribution in [0, 0.1) is 0 Å². The molecule has 0 saturated carbocycles. The highest BCUT2D eigenvalue weighted by Gasteiger charge is 2.15. The molecule has 0 heterocycles. The summed E-state index contributed by atoms with van der Waals surface area (Å²) >= 11 is 11.9. The average molecular weight is 457 g/mol. The van der Waals surface area contributed by atoms with E-state index >= 15 is 0 Å². The lowest BCUT2D eigenvalue weighted by molar-refractivity contribution is 0.0951. The van der Waals surface area contributed by atoms with Gasteiger partial charge in [0.2, 0.25) is 0 Å². The molecule has 6 nitrogen and oxygen atoms in total. The van der Waals surface area contributed by atoms with E-state index in [1.54, 1.807) is 36.4 Å². The second-order valence-electron chi connectivity index (χ2n) is 7.00. The molecule has 3 aromatic carbocycles. The van der Waals surface area contributed by atoms with Crippen molar-refractivity contribution in [2.45, 2.75) is 6.54 Å². The number of carbonyl (C=O) groups is 2. The van der Waals surface area contributed by atoms with Gasteiger partial charge < -0.3 is 20.9 Å². The Kier molecular flexibility index (Phi) is 7.39. The molecule has 0 aliphatic heterocycles. The minimum absolute atomic E-state index is 0.235. The van der Waals surface area contributed by atoms with E-state index in [-0.39, 0.29) is 5.91 Å². The standard InChI is InChI=1S/C23H22Cl2N4O2/c1-29(2)21-11-9-16(27-23(31)28-17-8-10-19(24)20(25)13-17)12-18(21)22(30)26-14-15-6-4-3-5-7-15/h3-13H,14H2,1-2H3,(H,26,30)(H2,27,28,31). The molecule has 160 valence electrons. The van der Waals surface area contributed by atoms with Gasteiger partial charge in [-0.05, 0) is 42.0 Å². The predicted octanol–water partition coefficient (Wildman–Crippen LogP) is 5.63. The zero-order chi connectivity index (χ0) is 22.4. The third kappa shape index (κ3) is 6.13. The SMILES string of the molecule is CN(C)c1ccc(NC(=O)Nc2ccc(Cl)c(Cl)c2)cc1C(=O)NCc1ccccc1. The smallest absolute Gasteiger partial charge is 0.323 e. The van der Waals surface area contributed by atoms with Crippen LogP contribution in [-0.4, -0.2) is 26.0 Å². The largest absolute Gasteiger partial charge is 0.377 e. The lowest BCUT2D eigenvalue weighted by atomic mass is 10.1. The quantitative estimate of drug-likeness (QED) is 0.449. The fraction of sp³-hybridized carbons (Fsp3) is 0.130. The Hall–Kier alpha value is -3.22. The molecule has 0 saturated heterocycles. The third-order valence-corrected chi connectivity index (χ3v) is 5.19. The zero-order valence-electron chi connectivity index (χ0n) is 17.1. The Bertz CT molecular complexity index is 1090. The van der Waals surface area contributed by atoms with Gasteiger partial charge in [-0.2, -0.15) is 0 Å². The van der Waals surface area contributed by atoms with Gasteiger partial charge in [-0.15, -0.1) is 0 Å². The molecule has 3 amide bonds. The van der Waals surface area contributed by atoms with Crippen molar-refractivity contribution in [2.24, 2.45) is 0 Å². The fourth-order valence-corrected chi connectivity index (χ4v) is 3.22. The molecule has 0 unspecified atom stereocenters. The van der Waals surface area contributed by atoms with E-state index in [9.17, 15) is 9.59 Å². The Labute approximate surface area is 191 Å². The summed E-state index contributed by atoms with van der Waals surface area (Å²) in [5, 5.41) is 9.08. The van der Waals surface area contributed by atoms with Crippen LogP contribution in [0.15, 0.2) is 66.7 Å². The number of urea groups is 1. The molecular formula is C23H22Cl2N4O2. The first-order chi connectivity index (χ1) is 14.8. The summed E-state index contributed by atoms with van der Waals surface area (Å²) in [7, 11) is 3.71. The van der Waals surface area contributed by atoms with Crippen LogP contribution >= 0.6 is 23.2 Å². The summed E-state index contributed by atoms with van der Waals surface area (Å²) < 4.78 is 0. The van der Waals surface area contributed by atoms with Crippen LogP contribution in [-0.2, 0) is 6.54 Å². The van der Waals surface area contributed by atoms with E-state index in [4.69, 9.17) is 23.2 Å². The lowest BCUT2D eigenvalue weighted by Crippen LogP contribution is -2.26. The van der Waals surface area contributed by atoms with Crippen molar-refractivity contribution in [1.82, 2.24) is 5.32 Å². The lowest BCUT2D eigenvalue weighted by Gasteiger charge is -2.19. The Morgan fingerprint density at radius 2 is 1.48 bits per heavy atom. The van der Waals surface area contributed by atoms with Gasteiger partial charge in [0.1, 0.15) is 0 Å². The van der Waals surface area contributed by atoms with Crippen LogP contribution in [0.25, 0.3) is 0 Å². The summed E-state index contributed by atoms with van der Waals surface area (Å²) in [4.78, 5) is 27.1. The second kappa shape index (κ2) is 10.2. The first-order valence-corrected chi connectivity index (χ1v) is 10.3. The Balaban J connectivity index is 1.73. The fourth-order valence-electron chi connectivity index (χ4n) is 2.93. The Morgan fingerprint density at radius 1 is 0.839 bits per heavy atom. The van der Waals surface area contributed by atoms with Crippen LogP contribution in [0.1, 0.15) is 15.9 Å². The number of hydrogen-bond acceptors (Lipinski definition) is 3. The van der Waals surface area contributed by atoms with Crippen molar-refractivity contribution in [1.29, 1.82) is 0 Å². The number of benzene rings is 3. The molecule has 31 heavy (non-hydrogen) atoms. The Morgan fingerprint density at radius 3 is 2.13 bits per heavy atom. The molecule has 3 N–H and O–H groups in total. The third-order valence-electron chi connectivity index (χ3n) is 4.45. The van der Waals surface area contributed by atoms with E-state index in [1.165, 1.54) is 0 Å². The van der Waals surface area contributed by atoms with Gasteiger partial charge >= 0.3 is 6.03 Å². The maximum Gasteiger partial charge on any atom is 0.323 e. The van der Waals surface area contributed by atoms with Crippen LogP contribution in [0.2, 0.25) is 10.0 Å². The number of hydrogen-bond donors (Lipinski definition) is 3. The van der Waals surface area contributed by atoms with Gasteiger partial charge in [-0.1, -0.05) is 53.5 Å². The predicted molar refractivity (Wildman–Crippen MR) is 127 cm³/mol. The monoisotopic (exact) mass is 456 g/mol. The van der Waals surface area contributed by atoms with E-state index in [0.717, 1.165) is 11.3 Å². The van der Waals surface area contributed by atoms with Crippen molar-refractivity contribution in [3.8, 4) is 0 Å². The van der Waals surface area contributed by atoms with E-state index < -0.39 is 6.03 Å². The first-order valence-electron chi connectivity index (χ1n) is 9.50.